The van der Waals surface area contributed by atoms with E-state index in [1.54, 1.807) is 12.1 Å². The molecular formula is C6H6AsNO5. The van der Waals surface area contributed by atoms with Crippen LogP contribution in [0.5, 0.6) is 0 Å². The Morgan fingerprint density at radius 2 is 1.92 bits per heavy atom. The molecule has 0 atom stereocenters. The minimum atomic E-state index is -3.58. The summed E-state index contributed by atoms with van der Waals surface area (Å²) >= 11 is -3.58. The van der Waals surface area contributed by atoms with Crippen LogP contribution in [-0.4, -0.2) is 28.4 Å². The van der Waals surface area contributed by atoms with Crippen molar-refractivity contribution in [3.05, 3.63) is 28.3 Å². The van der Waals surface area contributed by atoms with Gasteiger partial charge in [-0.25, -0.2) is 0 Å². The van der Waals surface area contributed by atoms with Crippen molar-refractivity contribution in [2.45, 2.75) is 0 Å². The summed E-state index contributed by atoms with van der Waals surface area (Å²) in [6.45, 7) is 0. The van der Waals surface area contributed by atoms with Crippen molar-refractivity contribution in [3.63, 3.8) is 0 Å². The Kier molecular flexibility index (Phi) is 2.87. The molecule has 6 nitrogen and oxygen atoms in total. The minimum Gasteiger partial charge on any atom is -0.258 e. The van der Waals surface area contributed by atoms with Gasteiger partial charge in [-0.3, -0.25) is 10.1 Å². The Labute approximate surface area is 77.8 Å². The first-order valence-electron chi connectivity index (χ1n) is 3.23. The fourth-order valence-electron chi connectivity index (χ4n) is 0.920. The SMILES string of the molecule is O=[AsH](O)O.O=[N+]([O-])c1cc2ccc1-2. The van der Waals surface area contributed by atoms with Gasteiger partial charge < -0.3 is 0 Å². The minimum absolute atomic E-state index is 0.257. The Morgan fingerprint density at radius 3 is 2.00 bits per heavy atom. The molecule has 0 aromatic heterocycles. The molecule has 0 aromatic carbocycles. The molecule has 2 rings (SSSR count). The van der Waals surface area contributed by atoms with Gasteiger partial charge in [-0.1, -0.05) is 6.07 Å². The van der Waals surface area contributed by atoms with E-state index in [1.165, 1.54) is 0 Å². The third-order valence-electron chi connectivity index (χ3n) is 1.51. The van der Waals surface area contributed by atoms with Gasteiger partial charge in [0.15, 0.2) is 0 Å². The summed E-state index contributed by atoms with van der Waals surface area (Å²) in [5.41, 5.74) is 2.08. The van der Waals surface area contributed by atoms with Crippen molar-refractivity contribution in [1.82, 2.24) is 0 Å². The van der Waals surface area contributed by atoms with Crippen molar-refractivity contribution in [2.24, 2.45) is 0 Å². The van der Waals surface area contributed by atoms with Gasteiger partial charge in [0.05, 0.1) is 10.5 Å². The zero-order valence-corrected chi connectivity index (χ0v) is 8.40. The average molecular weight is 247 g/mol. The molecule has 0 saturated heterocycles. The molecule has 13 heavy (non-hydrogen) atoms. The summed E-state index contributed by atoms with van der Waals surface area (Å²) in [7, 11) is 0. The molecule has 0 bridgehead atoms. The summed E-state index contributed by atoms with van der Waals surface area (Å²) in [5, 5.41) is 10.0. The van der Waals surface area contributed by atoms with E-state index in [1.807, 2.05) is 6.07 Å². The van der Waals surface area contributed by atoms with Crippen LogP contribution < -0.4 is 0 Å². The Balaban J connectivity index is 0.000000184. The predicted octanol–water partition coefficient (Wildman–Crippen LogP) is -0.306. The van der Waals surface area contributed by atoms with Gasteiger partial charge in [0.1, 0.15) is 0 Å². The fraction of sp³-hybridized carbons (Fsp3) is 0. The number of nitrogens with zero attached hydrogens (tertiary/aromatic N) is 1. The molecule has 70 valence electrons. The third-order valence-corrected chi connectivity index (χ3v) is 1.51. The van der Waals surface area contributed by atoms with Crippen LogP contribution in [0.3, 0.4) is 0 Å². The van der Waals surface area contributed by atoms with Crippen LogP contribution in [0.1, 0.15) is 0 Å². The number of nitro groups is 1. The maximum absolute atomic E-state index is 10.0. The van der Waals surface area contributed by atoms with E-state index in [2.05, 4.69) is 0 Å². The number of benzene rings is 1. The second kappa shape index (κ2) is 3.74. The van der Waals surface area contributed by atoms with Gasteiger partial charge in [0.2, 0.25) is 0 Å². The van der Waals surface area contributed by atoms with Gasteiger partial charge in [0.25, 0.3) is 5.69 Å². The van der Waals surface area contributed by atoms with Gasteiger partial charge in [-0.05, 0) is 11.6 Å². The normalized spacial score (nSPS) is 10.4. The quantitative estimate of drug-likeness (QED) is 0.409. The predicted molar refractivity (Wildman–Crippen MR) is 44.4 cm³/mol. The van der Waals surface area contributed by atoms with Crippen molar-refractivity contribution in [3.8, 4) is 11.1 Å². The zero-order valence-electron chi connectivity index (χ0n) is 6.30. The molecule has 0 saturated carbocycles. The molecule has 0 aromatic rings. The van der Waals surface area contributed by atoms with E-state index in [9.17, 15) is 10.1 Å². The van der Waals surface area contributed by atoms with Crippen LogP contribution in [-0.2, 0) is 3.74 Å². The fourth-order valence-corrected chi connectivity index (χ4v) is 0.920. The molecule has 0 aliphatic heterocycles. The van der Waals surface area contributed by atoms with Crippen LogP contribution in [0.25, 0.3) is 11.1 Å². The summed E-state index contributed by atoms with van der Waals surface area (Å²) in [4.78, 5) is 9.68. The summed E-state index contributed by atoms with van der Waals surface area (Å²) < 4.78 is 23.2. The summed E-state index contributed by atoms with van der Waals surface area (Å²) in [6, 6.07) is 5.20. The topological polar surface area (TPSA) is 101 Å². The number of nitro benzene ring substituents is 1. The molecule has 0 unspecified atom stereocenters. The van der Waals surface area contributed by atoms with Crippen LogP contribution in [0.2, 0.25) is 0 Å². The van der Waals surface area contributed by atoms with Crippen molar-refractivity contribution >= 4 is 21.0 Å². The van der Waals surface area contributed by atoms with Crippen LogP contribution in [0, 0.1) is 10.1 Å². The van der Waals surface area contributed by atoms with Crippen LogP contribution in [0.15, 0.2) is 18.2 Å². The Hall–Kier alpha value is -1.10. The average Bonchev–Trinajstić information content (AvgIpc) is 1.93. The molecule has 0 amide bonds. The van der Waals surface area contributed by atoms with Crippen molar-refractivity contribution < 1.29 is 16.9 Å². The summed E-state index contributed by atoms with van der Waals surface area (Å²) in [6.07, 6.45) is 0. The van der Waals surface area contributed by atoms with E-state index in [0.29, 0.717) is 0 Å². The Morgan fingerprint density at radius 1 is 1.38 bits per heavy atom. The van der Waals surface area contributed by atoms with E-state index >= 15 is 0 Å². The molecule has 0 heterocycles. The molecule has 2 aliphatic carbocycles. The number of hydrogen-bond donors (Lipinski definition) is 2. The first-order valence-corrected chi connectivity index (χ1v) is 5.96. The first-order chi connectivity index (χ1) is 6.02. The maximum Gasteiger partial charge on any atom is 0.277 e. The maximum atomic E-state index is 10.0. The molecule has 2 aliphatic rings. The first kappa shape index (κ1) is 9.98. The second-order valence-electron chi connectivity index (χ2n) is 2.27. The van der Waals surface area contributed by atoms with E-state index in [0.717, 1.165) is 11.1 Å². The molecule has 7 heteroatoms. The van der Waals surface area contributed by atoms with E-state index < -0.39 is 15.3 Å². The van der Waals surface area contributed by atoms with Gasteiger partial charge in [-0.2, -0.15) is 0 Å². The third kappa shape index (κ3) is 2.18. The monoisotopic (exact) mass is 247 g/mol. The van der Waals surface area contributed by atoms with Crippen molar-refractivity contribution in [2.75, 3.05) is 0 Å². The standard InChI is InChI=1S/C6H3NO2.AsH3O3/c8-7(9)6-3-4-1-2-5(4)6;2-1(3)4/h1-3H;1H,(H2,2,3,4). The van der Waals surface area contributed by atoms with E-state index in [-0.39, 0.29) is 10.6 Å². The number of rotatable bonds is 1. The van der Waals surface area contributed by atoms with Gasteiger partial charge >= 0.3 is 27.2 Å². The molecule has 0 spiro atoms. The molecule has 2 N–H and O–H groups in total. The zero-order chi connectivity index (χ0) is 10.0. The molecule has 0 radical (unpaired) electrons. The van der Waals surface area contributed by atoms with Crippen LogP contribution in [0.4, 0.5) is 5.69 Å². The molecular weight excluding hydrogens is 241 g/mol. The van der Waals surface area contributed by atoms with Gasteiger partial charge in [0, 0.05) is 6.07 Å². The summed E-state index contributed by atoms with van der Waals surface area (Å²) in [5.74, 6) is 0. The van der Waals surface area contributed by atoms with Crippen LogP contribution >= 0.6 is 0 Å². The molecule has 0 fully saturated rings. The Bertz CT molecular complexity index is 373. The van der Waals surface area contributed by atoms with Crippen molar-refractivity contribution in [1.29, 1.82) is 0 Å². The van der Waals surface area contributed by atoms with Gasteiger partial charge in [-0.15, -0.1) is 0 Å². The number of fused-ring (bicyclic) bond motifs is 1. The smallest absolute Gasteiger partial charge is 0.258 e. The number of hydrogen-bond acceptors (Lipinski definition) is 3. The van der Waals surface area contributed by atoms with E-state index in [4.69, 9.17) is 11.9 Å². The largest absolute Gasteiger partial charge is 0.277 e. The second-order valence-corrected chi connectivity index (χ2v) is 3.46.